The van der Waals surface area contributed by atoms with Crippen molar-refractivity contribution in [2.45, 2.75) is 19.9 Å². The number of imidazole rings is 1. The molecule has 0 aliphatic carbocycles. The predicted molar refractivity (Wildman–Crippen MR) is 92.7 cm³/mol. The fourth-order valence-corrected chi connectivity index (χ4v) is 3.18. The number of rotatable bonds is 2. The van der Waals surface area contributed by atoms with Crippen LogP contribution in [0.5, 0.6) is 0 Å². The minimum absolute atomic E-state index is 0.230. The highest BCUT2D eigenvalue weighted by Crippen LogP contribution is 2.35. The van der Waals surface area contributed by atoms with E-state index in [9.17, 15) is 0 Å². The monoisotopic (exact) mass is 363 g/mol. The zero-order valence-electron chi connectivity index (χ0n) is 11.8. The maximum Gasteiger partial charge on any atom is 0.143 e. The van der Waals surface area contributed by atoms with E-state index < -0.39 is 0 Å². The maximum atomic E-state index is 6.37. The Bertz CT molecular complexity index is 824. The lowest BCUT2D eigenvalue weighted by Crippen LogP contribution is -2.04. The number of benzene rings is 2. The molecule has 2 N–H and O–H groups in total. The number of hydrogen-bond donors (Lipinski definition) is 1. The number of nitrogens with two attached hydrogens (primary N) is 1. The second kappa shape index (κ2) is 5.35. The standard InChI is InChI=1S/C16H15BrClN3/c1-9(2)21-15-12(18)4-3-5-14(15)20-16(21)11-7-6-10(17)8-13(11)19/h3-9H,19H2,1-2H3. The molecule has 0 atom stereocenters. The molecular weight excluding hydrogens is 350 g/mol. The lowest BCUT2D eigenvalue weighted by atomic mass is 10.1. The Morgan fingerprint density at radius 1 is 1.24 bits per heavy atom. The Morgan fingerprint density at radius 3 is 2.67 bits per heavy atom. The molecule has 0 amide bonds. The normalized spacial score (nSPS) is 11.5. The Hall–Kier alpha value is -1.52. The number of para-hydroxylation sites is 1. The molecule has 0 radical (unpaired) electrons. The van der Waals surface area contributed by atoms with Crippen LogP contribution < -0.4 is 5.73 Å². The van der Waals surface area contributed by atoms with Crippen LogP contribution in [0.3, 0.4) is 0 Å². The summed E-state index contributed by atoms with van der Waals surface area (Å²) in [5.74, 6) is 0.845. The van der Waals surface area contributed by atoms with Crippen molar-refractivity contribution < 1.29 is 0 Å². The Balaban J connectivity index is 2.37. The number of nitrogens with zero attached hydrogens (tertiary/aromatic N) is 2. The van der Waals surface area contributed by atoms with Gasteiger partial charge in [0.1, 0.15) is 5.82 Å². The predicted octanol–water partition coefficient (Wildman–Crippen LogP) is 5.28. The maximum absolute atomic E-state index is 6.37. The highest BCUT2D eigenvalue weighted by Gasteiger charge is 2.18. The van der Waals surface area contributed by atoms with E-state index in [1.165, 1.54) is 0 Å². The molecule has 0 bridgehead atoms. The average molecular weight is 365 g/mol. The van der Waals surface area contributed by atoms with E-state index in [0.717, 1.165) is 26.9 Å². The molecule has 0 unspecified atom stereocenters. The molecule has 3 aromatic rings. The van der Waals surface area contributed by atoms with Gasteiger partial charge >= 0.3 is 0 Å². The third kappa shape index (κ3) is 2.43. The fraction of sp³-hybridized carbons (Fsp3) is 0.188. The molecule has 2 aromatic carbocycles. The highest BCUT2D eigenvalue weighted by atomic mass is 79.9. The van der Waals surface area contributed by atoms with Gasteiger partial charge in [-0.3, -0.25) is 0 Å². The largest absolute Gasteiger partial charge is 0.398 e. The van der Waals surface area contributed by atoms with Gasteiger partial charge in [0.05, 0.1) is 16.1 Å². The van der Waals surface area contributed by atoms with Crippen LogP contribution in [0.2, 0.25) is 5.02 Å². The SMILES string of the molecule is CC(C)n1c(-c2ccc(Br)cc2N)nc2cccc(Cl)c21. The van der Waals surface area contributed by atoms with E-state index in [4.69, 9.17) is 22.3 Å². The summed E-state index contributed by atoms with van der Waals surface area (Å²) in [5, 5.41) is 0.704. The van der Waals surface area contributed by atoms with Crippen molar-refractivity contribution in [2.75, 3.05) is 5.73 Å². The minimum atomic E-state index is 0.230. The van der Waals surface area contributed by atoms with Crippen LogP contribution in [-0.4, -0.2) is 9.55 Å². The Morgan fingerprint density at radius 2 is 2.00 bits per heavy atom. The summed E-state index contributed by atoms with van der Waals surface area (Å²) < 4.78 is 3.09. The molecule has 0 saturated carbocycles. The zero-order chi connectivity index (χ0) is 15.1. The van der Waals surface area contributed by atoms with Gasteiger partial charge in [-0.15, -0.1) is 0 Å². The summed E-state index contributed by atoms with van der Waals surface area (Å²) in [6.45, 7) is 4.23. The second-order valence-corrected chi connectivity index (χ2v) is 6.56. The number of fused-ring (bicyclic) bond motifs is 1. The van der Waals surface area contributed by atoms with Crippen molar-refractivity contribution in [3.8, 4) is 11.4 Å². The van der Waals surface area contributed by atoms with Crippen LogP contribution in [0.4, 0.5) is 5.69 Å². The summed E-state index contributed by atoms with van der Waals surface area (Å²) in [6, 6.07) is 11.8. The second-order valence-electron chi connectivity index (χ2n) is 5.24. The number of nitrogen functional groups attached to an aromatic ring is 1. The first-order valence-corrected chi connectivity index (χ1v) is 7.88. The number of halogens is 2. The zero-order valence-corrected chi connectivity index (χ0v) is 14.1. The number of aromatic nitrogens is 2. The van der Waals surface area contributed by atoms with Gasteiger partial charge in [0.25, 0.3) is 0 Å². The molecule has 0 saturated heterocycles. The molecular formula is C16H15BrClN3. The lowest BCUT2D eigenvalue weighted by molar-refractivity contribution is 0.624. The van der Waals surface area contributed by atoms with Gasteiger partial charge in [0, 0.05) is 21.8 Å². The summed E-state index contributed by atoms with van der Waals surface area (Å²) in [5.41, 5.74) is 9.61. The van der Waals surface area contributed by atoms with Gasteiger partial charge in [-0.25, -0.2) is 4.98 Å². The smallest absolute Gasteiger partial charge is 0.143 e. The van der Waals surface area contributed by atoms with Crippen LogP contribution >= 0.6 is 27.5 Å². The van der Waals surface area contributed by atoms with E-state index in [-0.39, 0.29) is 6.04 Å². The van der Waals surface area contributed by atoms with E-state index in [1.807, 2.05) is 36.4 Å². The molecule has 1 aromatic heterocycles. The Labute approximate surface area is 136 Å². The highest BCUT2D eigenvalue weighted by molar-refractivity contribution is 9.10. The van der Waals surface area contributed by atoms with E-state index in [2.05, 4.69) is 34.3 Å². The van der Waals surface area contributed by atoms with Gasteiger partial charge in [-0.1, -0.05) is 33.6 Å². The van der Waals surface area contributed by atoms with E-state index in [1.54, 1.807) is 0 Å². The molecule has 1 heterocycles. The third-order valence-electron chi connectivity index (χ3n) is 3.43. The third-order valence-corrected chi connectivity index (χ3v) is 4.23. The molecule has 5 heteroatoms. The summed E-state index contributed by atoms with van der Waals surface area (Å²) in [4.78, 5) is 4.74. The summed E-state index contributed by atoms with van der Waals surface area (Å²) in [7, 11) is 0. The minimum Gasteiger partial charge on any atom is -0.398 e. The first kappa shape index (κ1) is 14.4. The molecule has 0 aliphatic heterocycles. The quantitative estimate of drug-likeness (QED) is 0.628. The molecule has 0 aliphatic rings. The fourth-order valence-electron chi connectivity index (χ4n) is 2.54. The van der Waals surface area contributed by atoms with Crippen LogP contribution in [-0.2, 0) is 0 Å². The van der Waals surface area contributed by atoms with Crippen molar-refractivity contribution in [3.05, 3.63) is 45.9 Å². The molecule has 3 nitrogen and oxygen atoms in total. The summed E-state index contributed by atoms with van der Waals surface area (Å²) >= 11 is 9.81. The number of anilines is 1. The van der Waals surface area contributed by atoms with E-state index in [0.29, 0.717) is 10.7 Å². The molecule has 0 fully saturated rings. The summed E-state index contributed by atoms with van der Waals surface area (Å²) in [6.07, 6.45) is 0. The number of hydrogen-bond acceptors (Lipinski definition) is 2. The van der Waals surface area contributed by atoms with Crippen LogP contribution in [0, 0.1) is 0 Å². The van der Waals surface area contributed by atoms with Crippen LogP contribution in [0.1, 0.15) is 19.9 Å². The first-order chi connectivity index (χ1) is 9.99. The molecule has 21 heavy (non-hydrogen) atoms. The molecule has 0 spiro atoms. The van der Waals surface area contributed by atoms with Crippen molar-refractivity contribution >= 4 is 44.3 Å². The molecule has 108 valence electrons. The van der Waals surface area contributed by atoms with Crippen molar-refractivity contribution in [1.82, 2.24) is 9.55 Å². The van der Waals surface area contributed by atoms with Crippen LogP contribution in [0.25, 0.3) is 22.4 Å². The van der Waals surface area contributed by atoms with E-state index >= 15 is 0 Å². The van der Waals surface area contributed by atoms with Crippen molar-refractivity contribution in [1.29, 1.82) is 0 Å². The first-order valence-electron chi connectivity index (χ1n) is 6.71. The van der Waals surface area contributed by atoms with Gasteiger partial charge in [-0.05, 0) is 44.2 Å². The van der Waals surface area contributed by atoms with Gasteiger partial charge in [0.15, 0.2) is 0 Å². The van der Waals surface area contributed by atoms with Gasteiger partial charge < -0.3 is 10.3 Å². The van der Waals surface area contributed by atoms with Crippen molar-refractivity contribution in [2.24, 2.45) is 0 Å². The molecule has 3 rings (SSSR count). The Kier molecular flexibility index (Phi) is 3.68. The lowest BCUT2D eigenvalue weighted by Gasteiger charge is -2.15. The average Bonchev–Trinajstić information content (AvgIpc) is 2.79. The van der Waals surface area contributed by atoms with Crippen LogP contribution in [0.15, 0.2) is 40.9 Å². The topological polar surface area (TPSA) is 43.8 Å². The van der Waals surface area contributed by atoms with Crippen molar-refractivity contribution in [3.63, 3.8) is 0 Å². The van der Waals surface area contributed by atoms with Gasteiger partial charge in [-0.2, -0.15) is 0 Å². The van der Waals surface area contributed by atoms with Gasteiger partial charge in [0.2, 0.25) is 0 Å².